The number of imidazole rings is 1. The van der Waals surface area contributed by atoms with Crippen LogP contribution in [0.5, 0.6) is 0 Å². The van der Waals surface area contributed by atoms with Gasteiger partial charge in [0.25, 0.3) is 6.43 Å². The molecule has 0 radical (unpaired) electrons. The molecule has 0 spiro atoms. The maximum Gasteiger partial charge on any atom is 0.279 e. The van der Waals surface area contributed by atoms with Gasteiger partial charge in [-0.15, -0.1) is 0 Å². The largest absolute Gasteiger partial charge is 0.356 e. The molecule has 8 nitrogen and oxygen atoms in total. The topological polar surface area (TPSA) is 122 Å². The van der Waals surface area contributed by atoms with Crippen molar-refractivity contribution >= 4 is 27.3 Å². The molecule has 11 heteroatoms. The molecule has 2 atom stereocenters. The van der Waals surface area contributed by atoms with Crippen molar-refractivity contribution in [3.8, 4) is 11.4 Å². The molecule has 29 heavy (non-hydrogen) atoms. The number of H-pyrrole nitrogens is 1. The summed E-state index contributed by atoms with van der Waals surface area (Å²) in [6, 6.07) is 1.81. The van der Waals surface area contributed by atoms with Gasteiger partial charge in [-0.25, -0.2) is 23.7 Å². The second-order valence-electron chi connectivity index (χ2n) is 7.16. The van der Waals surface area contributed by atoms with Crippen LogP contribution in [0.1, 0.15) is 18.7 Å². The van der Waals surface area contributed by atoms with Crippen molar-refractivity contribution in [2.24, 2.45) is 5.92 Å². The molecule has 0 aromatic carbocycles. The van der Waals surface area contributed by atoms with E-state index >= 15 is 0 Å². The van der Waals surface area contributed by atoms with Crippen LogP contribution < -0.4 is 4.90 Å². The molecule has 156 valence electrons. The summed E-state index contributed by atoms with van der Waals surface area (Å²) in [5.41, 5.74) is 0.428. The van der Waals surface area contributed by atoms with Crippen molar-refractivity contribution in [3.05, 3.63) is 30.5 Å². The van der Waals surface area contributed by atoms with Crippen LogP contribution in [-0.2, 0) is 9.73 Å². The number of hydrogen-bond donors (Lipinski definition) is 3. The SMILES string of the molecule is CS(=N)(=O)CC1CCCN(c2cc(-c3cnc(/C=C\C(=N)C(F)F)[nH]3)ncn2)C1. The highest BCUT2D eigenvalue weighted by Crippen LogP contribution is 2.25. The summed E-state index contributed by atoms with van der Waals surface area (Å²) in [7, 11) is -2.54. The average molecular weight is 423 g/mol. The monoisotopic (exact) mass is 423 g/mol. The Kier molecular flexibility index (Phi) is 6.36. The molecule has 3 heterocycles. The van der Waals surface area contributed by atoms with E-state index in [1.54, 1.807) is 6.20 Å². The van der Waals surface area contributed by atoms with Crippen molar-refractivity contribution in [2.45, 2.75) is 19.3 Å². The lowest BCUT2D eigenvalue weighted by Crippen LogP contribution is -2.38. The molecule has 0 amide bonds. The predicted molar refractivity (Wildman–Crippen MR) is 109 cm³/mol. The van der Waals surface area contributed by atoms with Gasteiger partial charge < -0.3 is 9.88 Å². The highest BCUT2D eigenvalue weighted by molar-refractivity contribution is 7.91. The number of allylic oxidation sites excluding steroid dienone is 1. The van der Waals surface area contributed by atoms with E-state index in [9.17, 15) is 13.0 Å². The highest BCUT2D eigenvalue weighted by Gasteiger charge is 2.23. The van der Waals surface area contributed by atoms with E-state index < -0.39 is 21.9 Å². The van der Waals surface area contributed by atoms with Crippen molar-refractivity contribution in [3.63, 3.8) is 0 Å². The Bertz CT molecular complexity index is 1000. The van der Waals surface area contributed by atoms with Gasteiger partial charge in [0.1, 0.15) is 18.0 Å². The van der Waals surface area contributed by atoms with Gasteiger partial charge in [-0.3, -0.25) is 14.4 Å². The third kappa shape index (κ3) is 5.89. The van der Waals surface area contributed by atoms with E-state index in [0.29, 0.717) is 29.5 Å². The number of alkyl halides is 2. The molecule has 0 bridgehead atoms. The van der Waals surface area contributed by atoms with Crippen molar-refractivity contribution < 1.29 is 13.0 Å². The fourth-order valence-corrected chi connectivity index (χ4v) is 4.49. The van der Waals surface area contributed by atoms with Crippen LogP contribution in [0.3, 0.4) is 0 Å². The minimum absolute atomic E-state index is 0.186. The van der Waals surface area contributed by atoms with Gasteiger partial charge in [0.05, 0.1) is 23.3 Å². The molecule has 3 rings (SSSR count). The van der Waals surface area contributed by atoms with Gasteiger partial charge >= 0.3 is 0 Å². The van der Waals surface area contributed by atoms with E-state index in [0.717, 1.165) is 31.3 Å². The zero-order valence-corrected chi connectivity index (χ0v) is 16.8. The molecule has 3 N–H and O–H groups in total. The predicted octanol–water partition coefficient (Wildman–Crippen LogP) is 3.06. The van der Waals surface area contributed by atoms with Crippen LogP contribution in [0.15, 0.2) is 24.7 Å². The third-order valence-electron chi connectivity index (χ3n) is 4.58. The summed E-state index contributed by atoms with van der Waals surface area (Å²) < 4.78 is 44.3. The molecular formula is C18H23F2N7OS. The summed E-state index contributed by atoms with van der Waals surface area (Å²) in [6.07, 6.45) is 5.85. The number of nitrogens with one attached hydrogen (secondary N) is 3. The number of aromatic amines is 1. The number of nitrogens with zero attached hydrogens (tertiary/aromatic N) is 4. The maximum atomic E-state index is 12.4. The van der Waals surface area contributed by atoms with Gasteiger partial charge in [-0.1, -0.05) is 0 Å². The second-order valence-corrected chi connectivity index (χ2v) is 9.50. The number of piperidine rings is 1. The van der Waals surface area contributed by atoms with Crippen LogP contribution in [-0.4, -0.2) is 61.4 Å². The number of hydrogen-bond acceptors (Lipinski definition) is 7. The van der Waals surface area contributed by atoms with Crippen LogP contribution in [0.2, 0.25) is 0 Å². The third-order valence-corrected chi connectivity index (χ3v) is 5.68. The van der Waals surface area contributed by atoms with E-state index in [2.05, 4.69) is 24.8 Å². The number of anilines is 1. The van der Waals surface area contributed by atoms with E-state index in [4.69, 9.17) is 10.2 Å². The van der Waals surface area contributed by atoms with Gasteiger partial charge in [-0.05, 0) is 30.9 Å². The first-order valence-electron chi connectivity index (χ1n) is 9.10. The average Bonchev–Trinajstić information content (AvgIpc) is 3.14. The first-order valence-corrected chi connectivity index (χ1v) is 11.2. The highest BCUT2D eigenvalue weighted by atomic mass is 32.2. The normalized spacial score (nSPS) is 19.6. The van der Waals surface area contributed by atoms with Crippen LogP contribution in [0.25, 0.3) is 17.5 Å². The molecule has 1 aliphatic heterocycles. The van der Waals surface area contributed by atoms with Crippen LogP contribution in [0.4, 0.5) is 14.6 Å². The fraction of sp³-hybridized carbons (Fsp3) is 0.444. The summed E-state index contributed by atoms with van der Waals surface area (Å²) >= 11 is 0. The Labute approximate surface area is 168 Å². The zero-order valence-electron chi connectivity index (χ0n) is 15.9. The van der Waals surface area contributed by atoms with Crippen molar-refractivity contribution in [1.29, 1.82) is 10.2 Å². The molecule has 2 unspecified atom stereocenters. The lowest BCUT2D eigenvalue weighted by atomic mass is 10.00. The molecule has 1 saturated heterocycles. The van der Waals surface area contributed by atoms with E-state index in [1.807, 2.05) is 6.07 Å². The van der Waals surface area contributed by atoms with Gasteiger partial charge in [-0.2, -0.15) is 0 Å². The van der Waals surface area contributed by atoms with Crippen LogP contribution in [0, 0.1) is 16.1 Å². The molecule has 2 aromatic heterocycles. The van der Waals surface area contributed by atoms with Crippen molar-refractivity contribution in [2.75, 3.05) is 30.0 Å². The first kappa shape index (κ1) is 21.0. The molecular weight excluding hydrogens is 400 g/mol. The quantitative estimate of drug-likeness (QED) is 0.591. The standard InChI is InChI=1S/C18H23F2N7OS/c1-29(22,28)10-12-3-2-6-27(9-12)17-7-14(24-11-25-17)15-8-23-16(26-15)5-4-13(21)18(19)20/h4-5,7-8,11-12,18,21-22H,2-3,6,9-10H2,1H3,(H,23,26)/b5-4-,21-13?. The Morgan fingerprint density at radius 1 is 1.45 bits per heavy atom. The zero-order chi connectivity index (χ0) is 21.0. The number of aromatic nitrogens is 4. The summed E-state index contributed by atoms with van der Waals surface area (Å²) in [6.45, 7) is 1.51. The lowest BCUT2D eigenvalue weighted by Gasteiger charge is -2.33. The number of rotatable bonds is 7. The molecule has 1 fully saturated rings. The minimum Gasteiger partial charge on any atom is -0.356 e. The Morgan fingerprint density at radius 3 is 2.97 bits per heavy atom. The fourth-order valence-electron chi connectivity index (χ4n) is 3.32. The molecule has 0 saturated carbocycles. The summed E-state index contributed by atoms with van der Waals surface area (Å²) in [4.78, 5) is 17.8. The second kappa shape index (κ2) is 8.76. The minimum atomic E-state index is -2.82. The first-order chi connectivity index (χ1) is 13.7. The molecule has 2 aromatic rings. The maximum absolute atomic E-state index is 12.4. The molecule has 1 aliphatic rings. The Morgan fingerprint density at radius 2 is 2.24 bits per heavy atom. The van der Waals surface area contributed by atoms with Crippen molar-refractivity contribution in [1.82, 2.24) is 19.9 Å². The lowest BCUT2D eigenvalue weighted by molar-refractivity contribution is 0.226. The van der Waals surface area contributed by atoms with Crippen LogP contribution >= 0.6 is 0 Å². The summed E-state index contributed by atoms with van der Waals surface area (Å²) in [5, 5.41) is 7.14. The Hall–Kier alpha value is -2.69. The number of halogens is 2. The summed E-state index contributed by atoms with van der Waals surface area (Å²) in [5.74, 6) is 1.65. The Balaban J connectivity index is 1.74. The van der Waals surface area contributed by atoms with E-state index in [1.165, 1.54) is 18.7 Å². The van der Waals surface area contributed by atoms with Gasteiger partial charge in [0.15, 0.2) is 0 Å². The van der Waals surface area contributed by atoms with E-state index in [-0.39, 0.29) is 5.92 Å². The smallest absolute Gasteiger partial charge is 0.279 e. The van der Waals surface area contributed by atoms with Gasteiger partial charge in [0, 0.05) is 40.9 Å². The van der Waals surface area contributed by atoms with Gasteiger partial charge in [0.2, 0.25) is 0 Å². The molecule has 0 aliphatic carbocycles.